The predicted molar refractivity (Wildman–Crippen MR) is 136 cm³/mol. The molecule has 6 heteroatoms. The van der Waals surface area contributed by atoms with Crippen molar-refractivity contribution >= 4 is 48.3 Å². The third-order valence-corrected chi connectivity index (χ3v) is 15.5. The van der Waals surface area contributed by atoms with Crippen LogP contribution < -0.4 is 20.7 Å². The van der Waals surface area contributed by atoms with Crippen molar-refractivity contribution in [3.05, 3.63) is 120 Å². The van der Waals surface area contributed by atoms with Crippen LogP contribution in [0.3, 0.4) is 0 Å². The van der Waals surface area contributed by atoms with Crippen molar-refractivity contribution in [2.75, 3.05) is 0 Å². The van der Waals surface area contributed by atoms with Gasteiger partial charge in [0.1, 0.15) is 0 Å². The summed E-state index contributed by atoms with van der Waals surface area (Å²) in [6.07, 6.45) is 0.366. The quantitative estimate of drug-likeness (QED) is 0.227. The predicted octanol–water partition coefficient (Wildman–Crippen LogP) is 7.28. The van der Waals surface area contributed by atoms with E-state index < -0.39 is 11.9 Å². The van der Waals surface area contributed by atoms with Gasteiger partial charge in [-0.1, -0.05) is 0 Å². The molecule has 0 aliphatic carbocycles. The van der Waals surface area contributed by atoms with E-state index in [-0.39, 0.29) is 5.75 Å². The molecule has 0 N–H and O–H groups in total. The average Bonchev–Trinajstić information content (AvgIpc) is 2.83. The van der Waals surface area contributed by atoms with E-state index in [1.54, 1.807) is 18.2 Å². The number of halogens is 4. The molecule has 0 saturated carbocycles. The summed E-state index contributed by atoms with van der Waals surface area (Å²) in [6.45, 7) is -2.95. The van der Waals surface area contributed by atoms with E-state index in [1.165, 1.54) is 0 Å². The van der Waals surface area contributed by atoms with Crippen molar-refractivity contribution in [3.63, 3.8) is 0 Å². The molecule has 0 aliphatic heterocycles. The topological polar surface area (TPSA) is 9.23 Å². The zero-order valence-electron chi connectivity index (χ0n) is 17.0. The van der Waals surface area contributed by atoms with E-state index in [1.807, 2.05) is 54.6 Å². The van der Waals surface area contributed by atoms with Crippen LogP contribution in [0, 0.1) is 0 Å². The molecule has 0 heterocycles. The summed E-state index contributed by atoms with van der Waals surface area (Å²) in [5.74, 6) is 0.0868. The second-order valence-electron chi connectivity index (χ2n) is 7.44. The van der Waals surface area contributed by atoms with E-state index >= 15 is 0 Å². The van der Waals surface area contributed by atoms with Gasteiger partial charge in [-0.15, -0.1) is 0 Å². The van der Waals surface area contributed by atoms with E-state index in [4.69, 9.17) is 16.3 Å². The van der Waals surface area contributed by atoms with Crippen LogP contribution in [0.1, 0.15) is 5.56 Å². The zero-order valence-corrected chi connectivity index (χ0v) is 20.3. The number of hydrogen-bond acceptors (Lipinski definition) is 1. The Kier molecular flexibility index (Phi) is 6.67. The summed E-state index contributed by atoms with van der Waals surface area (Å²) in [4.78, 5) is 0. The molecule has 0 aliphatic rings. The van der Waals surface area contributed by atoms with Crippen LogP contribution in [-0.2, 0) is 6.16 Å². The van der Waals surface area contributed by atoms with Crippen LogP contribution in [0.15, 0.2) is 109 Å². The van der Waals surface area contributed by atoms with Gasteiger partial charge in [0.25, 0.3) is 0 Å². The van der Waals surface area contributed by atoms with Crippen LogP contribution >= 0.6 is 32.4 Å². The fourth-order valence-corrected chi connectivity index (χ4v) is 12.1. The Morgan fingerprint density at radius 2 is 1.12 bits per heavy atom. The van der Waals surface area contributed by atoms with Crippen molar-refractivity contribution in [1.82, 2.24) is 0 Å². The van der Waals surface area contributed by atoms with E-state index in [0.29, 0.717) is 16.7 Å². The number of rotatable bonds is 7. The van der Waals surface area contributed by atoms with Gasteiger partial charge in [-0.2, -0.15) is 0 Å². The van der Waals surface area contributed by atoms with Gasteiger partial charge in [0.2, 0.25) is 0 Å². The van der Waals surface area contributed by atoms with Gasteiger partial charge in [0, 0.05) is 0 Å². The zero-order chi connectivity index (χ0) is 22.6. The van der Waals surface area contributed by atoms with Gasteiger partial charge >= 0.3 is 200 Å². The maximum absolute atomic E-state index is 13.3. The molecular weight excluding hydrogens is 513 g/mol. The molecule has 164 valence electrons. The van der Waals surface area contributed by atoms with Gasteiger partial charge in [0.15, 0.2) is 0 Å². The molecule has 0 aromatic heterocycles. The first-order chi connectivity index (χ1) is 15.4. The number of alkyl halides is 2. The van der Waals surface area contributed by atoms with Gasteiger partial charge in [-0.3, -0.25) is 0 Å². The van der Waals surface area contributed by atoms with E-state index in [9.17, 15) is 8.78 Å². The summed E-state index contributed by atoms with van der Waals surface area (Å²) in [7, 11) is 0. The summed E-state index contributed by atoms with van der Waals surface area (Å²) in [6, 6.07) is 35.2. The Morgan fingerprint density at radius 1 is 0.688 bits per heavy atom. The first kappa shape index (κ1) is 22.9. The molecule has 0 bridgehead atoms. The summed E-state index contributed by atoms with van der Waals surface area (Å²) >= 11 is 10.9. The molecule has 0 spiro atoms. The van der Waals surface area contributed by atoms with Crippen molar-refractivity contribution in [1.29, 1.82) is 0 Å². The molecule has 4 rings (SSSR count). The van der Waals surface area contributed by atoms with Crippen LogP contribution in [0.5, 0.6) is 5.75 Å². The normalized spacial score (nSPS) is 12.8. The first-order valence-electron chi connectivity index (χ1n) is 10.1. The minimum atomic E-state index is -3.40. The van der Waals surface area contributed by atoms with Crippen molar-refractivity contribution < 1.29 is 13.5 Å². The van der Waals surface area contributed by atoms with Crippen molar-refractivity contribution in [3.8, 4) is 5.75 Å². The number of ether oxygens (including phenoxy) is 1. The van der Waals surface area contributed by atoms with Gasteiger partial charge in [-0.25, -0.2) is 0 Å². The Labute approximate surface area is 199 Å². The standard InChI is InChI=1S/C26H21BrClF2OP/c27-32(20-11-4-1-5-12-20,21-13-6-2-7-14-21,22-15-8-3-9-16-22)19-23-24(28)17-10-18-25(23)31-26(29)30/h1-18,26H,19H2. The molecule has 32 heavy (non-hydrogen) atoms. The molecule has 0 radical (unpaired) electrons. The summed E-state index contributed by atoms with van der Waals surface area (Å²) in [5.41, 5.74) is 0.542. The fourth-order valence-electron chi connectivity index (χ4n) is 4.13. The Hall–Kier alpha value is -2.26. The van der Waals surface area contributed by atoms with Gasteiger partial charge < -0.3 is 0 Å². The third-order valence-electron chi connectivity index (χ3n) is 5.63. The second kappa shape index (κ2) is 9.31. The molecule has 0 saturated heterocycles. The number of benzene rings is 4. The minimum absolute atomic E-state index is 0.0868. The van der Waals surface area contributed by atoms with Crippen LogP contribution in [-0.4, -0.2) is 6.61 Å². The average molecular weight is 534 g/mol. The molecule has 0 amide bonds. The Morgan fingerprint density at radius 3 is 1.53 bits per heavy atom. The fraction of sp³-hybridized carbons (Fsp3) is 0.0769. The Balaban J connectivity index is 2.09. The molecule has 1 nitrogen and oxygen atoms in total. The SMILES string of the molecule is FC(F)Oc1cccc(Cl)c1CP(Br)(c1ccccc1)(c1ccccc1)c1ccccc1. The third kappa shape index (κ3) is 4.08. The summed E-state index contributed by atoms with van der Waals surface area (Å²) in [5, 5.41) is 0.196. The molecule has 0 fully saturated rings. The molecule has 0 atom stereocenters. The second-order valence-corrected chi connectivity index (χ2v) is 16.8. The maximum atomic E-state index is 13.3. The Bertz CT molecular complexity index is 1090. The van der Waals surface area contributed by atoms with Gasteiger partial charge in [0.05, 0.1) is 0 Å². The van der Waals surface area contributed by atoms with Crippen LogP contribution in [0.2, 0.25) is 5.02 Å². The van der Waals surface area contributed by atoms with E-state index in [0.717, 1.165) is 15.9 Å². The number of hydrogen-bond donors (Lipinski definition) is 0. The molecule has 0 unspecified atom stereocenters. The van der Waals surface area contributed by atoms with Crippen LogP contribution in [0.4, 0.5) is 8.78 Å². The molecule has 4 aromatic rings. The summed E-state index contributed by atoms with van der Waals surface area (Å²) < 4.78 is 31.4. The van der Waals surface area contributed by atoms with Crippen molar-refractivity contribution in [2.45, 2.75) is 12.8 Å². The van der Waals surface area contributed by atoms with Gasteiger partial charge in [-0.05, 0) is 0 Å². The van der Waals surface area contributed by atoms with Crippen molar-refractivity contribution in [2.24, 2.45) is 0 Å². The first-order valence-corrected chi connectivity index (χ1v) is 14.9. The van der Waals surface area contributed by atoms with E-state index in [2.05, 4.69) is 51.9 Å². The molecular formula is C26H21BrClF2OP. The van der Waals surface area contributed by atoms with Crippen LogP contribution in [0.25, 0.3) is 0 Å². The monoisotopic (exact) mass is 532 g/mol. The molecule has 4 aromatic carbocycles.